The molecular weight excluding hydrogens is 288 g/mol. The molecule has 0 saturated carbocycles. The van der Waals surface area contributed by atoms with Gasteiger partial charge in [-0.25, -0.2) is 0 Å². The summed E-state index contributed by atoms with van der Waals surface area (Å²) >= 11 is 0. The Balaban J connectivity index is 0.000000296. The SMILES string of the molecule is Cc1ccccc1C.Cc1ccccc1C.O=S(=O)(O)O. The smallest absolute Gasteiger partial charge is 0.264 e. The second kappa shape index (κ2) is 9.28. The third-order valence-corrected chi connectivity index (χ3v) is 2.85. The van der Waals surface area contributed by atoms with Gasteiger partial charge in [-0.1, -0.05) is 48.5 Å². The van der Waals surface area contributed by atoms with E-state index < -0.39 is 10.4 Å². The van der Waals surface area contributed by atoms with Crippen molar-refractivity contribution in [3.8, 4) is 0 Å². The van der Waals surface area contributed by atoms with Crippen LogP contribution >= 0.6 is 0 Å². The van der Waals surface area contributed by atoms with Crippen LogP contribution in [0.5, 0.6) is 0 Å². The predicted octanol–water partition coefficient (Wildman–Crippen LogP) is 3.95. The van der Waals surface area contributed by atoms with Crippen molar-refractivity contribution in [1.29, 1.82) is 0 Å². The summed E-state index contributed by atoms with van der Waals surface area (Å²) < 4.78 is 31.6. The van der Waals surface area contributed by atoms with Gasteiger partial charge in [0.25, 0.3) is 0 Å². The fourth-order valence-corrected chi connectivity index (χ4v) is 1.33. The van der Waals surface area contributed by atoms with Crippen LogP contribution in [0.2, 0.25) is 0 Å². The van der Waals surface area contributed by atoms with Crippen LogP contribution in [0.4, 0.5) is 0 Å². The normalized spacial score (nSPS) is 9.81. The largest absolute Gasteiger partial charge is 0.394 e. The fourth-order valence-electron chi connectivity index (χ4n) is 1.33. The Morgan fingerprint density at radius 3 is 0.857 bits per heavy atom. The summed E-state index contributed by atoms with van der Waals surface area (Å²) in [6.45, 7) is 8.48. The lowest BCUT2D eigenvalue weighted by Gasteiger charge is -1.93. The average Bonchev–Trinajstić information content (AvgIpc) is 2.35. The molecule has 0 spiro atoms. The van der Waals surface area contributed by atoms with Gasteiger partial charge < -0.3 is 0 Å². The zero-order valence-electron chi connectivity index (χ0n) is 12.7. The van der Waals surface area contributed by atoms with Gasteiger partial charge in [0.05, 0.1) is 0 Å². The molecular formula is C16H22O4S. The lowest BCUT2D eigenvalue weighted by Crippen LogP contribution is -1.89. The van der Waals surface area contributed by atoms with Crippen molar-refractivity contribution in [2.24, 2.45) is 0 Å². The minimum Gasteiger partial charge on any atom is -0.264 e. The minimum atomic E-state index is -4.67. The Bertz CT molecular complexity index is 555. The molecule has 4 nitrogen and oxygen atoms in total. The summed E-state index contributed by atoms with van der Waals surface area (Å²) in [5, 5.41) is 0. The number of aryl methyl sites for hydroxylation is 4. The lowest BCUT2D eigenvalue weighted by molar-refractivity contribution is 0.381. The molecule has 0 fully saturated rings. The highest BCUT2D eigenvalue weighted by Crippen LogP contribution is 2.03. The van der Waals surface area contributed by atoms with E-state index in [0.29, 0.717) is 0 Å². The van der Waals surface area contributed by atoms with Gasteiger partial charge in [0, 0.05) is 0 Å². The molecule has 0 saturated heterocycles. The van der Waals surface area contributed by atoms with Crippen molar-refractivity contribution >= 4 is 10.4 Å². The van der Waals surface area contributed by atoms with E-state index in [0.717, 1.165) is 0 Å². The summed E-state index contributed by atoms with van der Waals surface area (Å²) in [5.74, 6) is 0. The topological polar surface area (TPSA) is 74.6 Å². The monoisotopic (exact) mass is 310 g/mol. The molecule has 0 bridgehead atoms. The van der Waals surface area contributed by atoms with Crippen LogP contribution in [0.3, 0.4) is 0 Å². The quantitative estimate of drug-likeness (QED) is 0.722. The Morgan fingerprint density at radius 1 is 0.619 bits per heavy atom. The van der Waals surface area contributed by atoms with Gasteiger partial charge in [-0.3, -0.25) is 9.11 Å². The number of rotatable bonds is 0. The van der Waals surface area contributed by atoms with Crippen molar-refractivity contribution in [2.75, 3.05) is 0 Å². The molecule has 2 N–H and O–H groups in total. The van der Waals surface area contributed by atoms with Crippen molar-refractivity contribution in [2.45, 2.75) is 27.7 Å². The Hall–Kier alpha value is -1.69. The van der Waals surface area contributed by atoms with Crippen LogP contribution in [0.1, 0.15) is 22.3 Å². The molecule has 0 heterocycles. The van der Waals surface area contributed by atoms with E-state index >= 15 is 0 Å². The highest BCUT2D eigenvalue weighted by molar-refractivity contribution is 7.79. The second-order valence-corrected chi connectivity index (χ2v) is 5.51. The molecule has 2 aromatic carbocycles. The van der Waals surface area contributed by atoms with Gasteiger partial charge in [-0.05, 0) is 49.9 Å². The van der Waals surface area contributed by atoms with E-state index in [-0.39, 0.29) is 0 Å². The van der Waals surface area contributed by atoms with E-state index in [1.165, 1.54) is 22.3 Å². The molecule has 2 aromatic rings. The molecule has 116 valence electrons. The van der Waals surface area contributed by atoms with E-state index in [1.54, 1.807) is 0 Å². The van der Waals surface area contributed by atoms with Gasteiger partial charge in [-0.2, -0.15) is 8.42 Å². The van der Waals surface area contributed by atoms with Crippen LogP contribution in [0, 0.1) is 27.7 Å². The summed E-state index contributed by atoms with van der Waals surface area (Å²) in [6, 6.07) is 16.7. The van der Waals surface area contributed by atoms with Crippen LogP contribution in [-0.4, -0.2) is 17.5 Å². The van der Waals surface area contributed by atoms with E-state index in [4.69, 9.17) is 17.5 Å². The standard InChI is InChI=1S/2C8H10.H2O4S/c2*1-7-5-3-4-6-8(7)2;1-5(2,3)4/h2*3-6H,1-2H3;(H2,1,2,3,4). The maximum atomic E-state index is 8.74. The van der Waals surface area contributed by atoms with Crippen LogP contribution in [0.15, 0.2) is 48.5 Å². The third-order valence-electron chi connectivity index (χ3n) is 2.85. The Morgan fingerprint density at radius 2 is 0.762 bits per heavy atom. The van der Waals surface area contributed by atoms with Crippen molar-refractivity contribution < 1.29 is 17.5 Å². The number of hydrogen-bond donors (Lipinski definition) is 2. The summed E-state index contributed by atoms with van der Waals surface area (Å²) in [5.41, 5.74) is 5.47. The molecule has 0 aliphatic rings. The van der Waals surface area contributed by atoms with Gasteiger partial charge in [0.15, 0.2) is 0 Å². The van der Waals surface area contributed by atoms with Crippen LogP contribution < -0.4 is 0 Å². The van der Waals surface area contributed by atoms with E-state index in [2.05, 4.69) is 76.2 Å². The van der Waals surface area contributed by atoms with Gasteiger partial charge in [0.2, 0.25) is 0 Å². The second-order valence-electron chi connectivity index (χ2n) is 4.62. The van der Waals surface area contributed by atoms with E-state index in [1.807, 2.05) is 0 Å². The Labute approximate surface area is 127 Å². The lowest BCUT2D eigenvalue weighted by atomic mass is 10.1. The zero-order chi connectivity index (χ0) is 16.5. The molecule has 5 heteroatoms. The molecule has 0 aromatic heterocycles. The molecule has 0 radical (unpaired) electrons. The maximum absolute atomic E-state index is 8.74. The first-order valence-electron chi connectivity index (χ1n) is 6.35. The van der Waals surface area contributed by atoms with Gasteiger partial charge >= 0.3 is 10.4 Å². The predicted molar refractivity (Wildman–Crippen MR) is 86.0 cm³/mol. The first kappa shape index (κ1) is 19.3. The van der Waals surface area contributed by atoms with Gasteiger partial charge in [-0.15, -0.1) is 0 Å². The molecule has 2 rings (SSSR count). The number of hydrogen-bond acceptors (Lipinski definition) is 2. The minimum absolute atomic E-state index is 1.37. The molecule has 0 atom stereocenters. The maximum Gasteiger partial charge on any atom is 0.394 e. The van der Waals surface area contributed by atoms with Crippen LogP contribution in [-0.2, 0) is 10.4 Å². The molecule has 0 aliphatic heterocycles. The highest BCUT2D eigenvalue weighted by Gasteiger charge is 1.85. The summed E-state index contributed by atoms with van der Waals surface area (Å²) in [4.78, 5) is 0. The van der Waals surface area contributed by atoms with Gasteiger partial charge in [0.1, 0.15) is 0 Å². The average molecular weight is 310 g/mol. The molecule has 21 heavy (non-hydrogen) atoms. The van der Waals surface area contributed by atoms with E-state index in [9.17, 15) is 0 Å². The molecule has 0 aliphatic carbocycles. The summed E-state index contributed by atoms with van der Waals surface area (Å²) in [6.07, 6.45) is 0. The van der Waals surface area contributed by atoms with Crippen molar-refractivity contribution in [3.05, 3.63) is 70.8 Å². The van der Waals surface area contributed by atoms with Crippen molar-refractivity contribution in [1.82, 2.24) is 0 Å². The summed E-state index contributed by atoms with van der Waals surface area (Å²) in [7, 11) is -4.67. The van der Waals surface area contributed by atoms with Crippen molar-refractivity contribution in [3.63, 3.8) is 0 Å². The third kappa shape index (κ3) is 11.8. The fraction of sp³-hybridized carbons (Fsp3) is 0.250. The Kier molecular flexibility index (Phi) is 8.54. The number of benzene rings is 2. The highest BCUT2D eigenvalue weighted by atomic mass is 32.3. The molecule has 0 amide bonds. The molecule has 0 unspecified atom stereocenters. The first-order chi connectivity index (χ1) is 9.61. The first-order valence-corrected chi connectivity index (χ1v) is 7.75. The zero-order valence-corrected chi connectivity index (χ0v) is 13.6. The van der Waals surface area contributed by atoms with Crippen LogP contribution in [0.25, 0.3) is 0 Å².